The summed E-state index contributed by atoms with van der Waals surface area (Å²) in [5.41, 5.74) is 2.89. The molecule has 0 unspecified atom stereocenters. The number of nitrogens with one attached hydrogen (secondary N) is 3. The molecule has 2 aliphatic heterocycles. The number of carbonyl (C=O) groups is 1. The van der Waals surface area contributed by atoms with E-state index in [9.17, 15) is 4.79 Å². The van der Waals surface area contributed by atoms with Crippen LogP contribution in [0.15, 0.2) is 28.9 Å². The summed E-state index contributed by atoms with van der Waals surface area (Å²) >= 11 is 6.73. The standard InChI is InChI=1S/C24H31ClN4O2/c1-15-26-22-20(25)13-17-12-19(14-29-10-6-18(7-11-29)27-16(2)30)31-23(17)21(22)24(28-15)8-4-3-5-9-24/h12-13,18,26,28H,1,3-11,14H2,2H3,(H,27,30). The van der Waals surface area contributed by atoms with Gasteiger partial charge in [0, 0.05) is 37.0 Å². The number of hydrogen-bond acceptors (Lipinski definition) is 5. The minimum absolute atomic E-state index is 0.0546. The molecule has 7 heteroatoms. The predicted molar refractivity (Wildman–Crippen MR) is 124 cm³/mol. The molecule has 0 atom stereocenters. The number of carbonyl (C=O) groups excluding carboxylic acids is 1. The number of amides is 1. The van der Waals surface area contributed by atoms with Gasteiger partial charge in [0.05, 0.1) is 28.6 Å². The molecule has 1 saturated heterocycles. The molecule has 1 aromatic carbocycles. The highest BCUT2D eigenvalue weighted by molar-refractivity contribution is 6.34. The summed E-state index contributed by atoms with van der Waals surface area (Å²) in [6.07, 6.45) is 7.70. The van der Waals surface area contributed by atoms with Gasteiger partial charge in [-0.25, -0.2) is 0 Å². The number of hydrogen-bond donors (Lipinski definition) is 3. The molecule has 3 aliphatic rings. The first-order valence-corrected chi connectivity index (χ1v) is 11.8. The number of benzene rings is 1. The number of halogens is 1. The summed E-state index contributed by atoms with van der Waals surface area (Å²) in [5.74, 6) is 1.83. The lowest BCUT2D eigenvalue weighted by Gasteiger charge is -2.44. The lowest BCUT2D eigenvalue weighted by atomic mass is 9.74. The van der Waals surface area contributed by atoms with E-state index in [4.69, 9.17) is 16.0 Å². The fourth-order valence-electron chi connectivity index (χ4n) is 5.67. The number of likely N-dealkylation sites (tertiary alicyclic amines) is 1. The molecule has 166 valence electrons. The van der Waals surface area contributed by atoms with Gasteiger partial charge in [-0.15, -0.1) is 0 Å². The Labute approximate surface area is 188 Å². The van der Waals surface area contributed by atoms with Crippen molar-refractivity contribution < 1.29 is 9.21 Å². The smallest absolute Gasteiger partial charge is 0.217 e. The summed E-state index contributed by atoms with van der Waals surface area (Å²) in [6, 6.07) is 4.43. The fraction of sp³-hybridized carbons (Fsp3) is 0.542. The predicted octanol–water partition coefficient (Wildman–Crippen LogP) is 4.83. The van der Waals surface area contributed by atoms with Gasteiger partial charge < -0.3 is 20.4 Å². The molecule has 0 radical (unpaired) electrons. The number of fused-ring (bicyclic) bond motifs is 4. The molecule has 1 amide bonds. The molecule has 2 fully saturated rings. The number of rotatable bonds is 3. The SMILES string of the molecule is C=C1Nc2c(Cl)cc3cc(CN4CCC(NC(C)=O)CC4)oc3c2C2(CCCCC2)N1. The van der Waals surface area contributed by atoms with Crippen molar-refractivity contribution in [3.8, 4) is 0 Å². The van der Waals surface area contributed by atoms with Crippen molar-refractivity contribution >= 4 is 34.2 Å². The molecule has 6 nitrogen and oxygen atoms in total. The maximum Gasteiger partial charge on any atom is 0.217 e. The van der Waals surface area contributed by atoms with Crippen LogP contribution in [0.25, 0.3) is 11.0 Å². The van der Waals surface area contributed by atoms with Crippen molar-refractivity contribution in [2.45, 2.75) is 70.0 Å². The molecule has 1 saturated carbocycles. The first-order chi connectivity index (χ1) is 14.9. The summed E-state index contributed by atoms with van der Waals surface area (Å²) in [5, 5.41) is 11.8. The van der Waals surface area contributed by atoms with Gasteiger partial charge in [-0.1, -0.05) is 37.4 Å². The largest absolute Gasteiger partial charge is 0.459 e. The third-order valence-electron chi connectivity index (χ3n) is 7.04. The van der Waals surface area contributed by atoms with Crippen LogP contribution >= 0.6 is 11.6 Å². The molecule has 1 aliphatic carbocycles. The van der Waals surface area contributed by atoms with Crippen LogP contribution in [0.1, 0.15) is 63.2 Å². The van der Waals surface area contributed by atoms with Crippen molar-refractivity contribution in [1.29, 1.82) is 0 Å². The van der Waals surface area contributed by atoms with Crippen molar-refractivity contribution in [2.75, 3.05) is 18.4 Å². The van der Waals surface area contributed by atoms with E-state index in [0.717, 1.165) is 84.1 Å². The number of furan rings is 1. The van der Waals surface area contributed by atoms with Crippen molar-refractivity contribution in [2.24, 2.45) is 0 Å². The second kappa shape index (κ2) is 8.06. The summed E-state index contributed by atoms with van der Waals surface area (Å²) < 4.78 is 6.50. The fourth-order valence-corrected chi connectivity index (χ4v) is 5.93. The van der Waals surface area contributed by atoms with Crippen LogP contribution in [0.2, 0.25) is 5.02 Å². The Morgan fingerprint density at radius 2 is 2.03 bits per heavy atom. The number of anilines is 1. The maximum absolute atomic E-state index is 11.3. The van der Waals surface area contributed by atoms with Gasteiger partial charge in [0.2, 0.25) is 5.91 Å². The molecule has 1 aromatic heterocycles. The van der Waals surface area contributed by atoms with Gasteiger partial charge in [0.1, 0.15) is 11.3 Å². The molecular formula is C24H31ClN4O2. The Morgan fingerprint density at radius 1 is 1.29 bits per heavy atom. The van der Waals surface area contributed by atoms with E-state index in [2.05, 4.69) is 33.5 Å². The Bertz CT molecular complexity index is 1020. The van der Waals surface area contributed by atoms with Gasteiger partial charge in [-0.05, 0) is 37.8 Å². The molecule has 3 N–H and O–H groups in total. The van der Waals surface area contributed by atoms with Crippen molar-refractivity contribution in [3.05, 3.63) is 40.9 Å². The zero-order valence-corrected chi connectivity index (χ0v) is 18.9. The first-order valence-electron chi connectivity index (χ1n) is 11.4. The lowest BCUT2D eigenvalue weighted by molar-refractivity contribution is -0.120. The van der Waals surface area contributed by atoms with Gasteiger partial charge in [0.25, 0.3) is 0 Å². The van der Waals surface area contributed by atoms with E-state index in [-0.39, 0.29) is 17.5 Å². The van der Waals surface area contributed by atoms with Gasteiger partial charge in [-0.2, -0.15) is 0 Å². The van der Waals surface area contributed by atoms with E-state index < -0.39 is 0 Å². The molecule has 31 heavy (non-hydrogen) atoms. The van der Waals surface area contributed by atoms with E-state index in [0.29, 0.717) is 0 Å². The quantitative estimate of drug-likeness (QED) is 0.635. The van der Waals surface area contributed by atoms with Crippen LogP contribution in [0.4, 0.5) is 5.69 Å². The summed E-state index contributed by atoms with van der Waals surface area (Å²) in [6.45, 7) is 8.41. The van der Waals surface area contributed by atoms with Crippen LogP contribution in [0, 0.1) is 0 Å². The highest BCUT2D eigenvalue weighted by Gasteiger charge is 2.42. The highest BCUT2D eigenvalue weighted by Crippen LogP contribution is 2.49. The highest BCUT2D eigenvalue weighted by atomic mass is 35.5. The summed E-state index contributed by atoms with van der Waals surface area (Å²) in [4.78, 5) is 13.7. The Kier molecular flexibility index (Phi) is 5.39. The molecular weight excluding hydrogens is 412 g/mol. The van der Waals surface area contributed by atoms with Crippen LogP contribution in [-0.2, 0) is 16.9 Å². The molecule has 0 bridgehead atoms. The molecule has 1 spiro atoms. The Hall–Kier alpha value is -2.18. The number of nitrogens with zero attached hydrogens (tertiary/aromatic N) is 1. The van der Waals surface area contributed by atoms with E-state index in [1.165, 1.54) is 19.3 Å². The Balaban J connectivity index is 1.44. The zero-order chi connectivity index (χ0) is 21.6. The van der Waals surface area contributed by atoms with E-state index >= 15 is 0 Å². The molecule has 3 heterocycles. The van der Waals surface area contributed by atoms with Crippen molar-refractivity contribution in [3.63, 3.8) is 0 Å². The van der Waals surface area contributed by atoms with E-state index in [1.54, 1.807) is 6.92 Å². The van der Waals surface area contributed by atoms with Crippen LogP contribution < -0.4 is 16.0 Å². The average molecular weight is 443 g/mol. The second-order valence-corrected chi connectivity index (χ2v) is 9.77. The summed E-state index contributed by atoms with van der Waals surface area (Å²) in [7, 11) is 0. The van der Waals surface area contributed by atoms with Gasteiger partial charge in [0.15, 0.2) is 0 Å². The van der Waals surface area contributed by atoms with Gasteiger partial charge in [-0.3, -0.25) is 9.69 Å². The second-order valence-electron chi connectivity index (χ2n) is 9.36. The van der Waals surface area contributed by atoms with E-state index in [1.807, 2.05) is 6.07 Å². The Morgan fingerprint density at radius 3 is 2.74 bits per heavy atom. The molecule has 2 aromatic rings. The molecule has 5 rings (SSSR count). The lowest BCUT2D eigenvalue weighted by Crippen LogP contribution is -2.48. The van der Waals surface area contributed by atoms with Crippen LogP contribution in [0.5, 0.6) is 0 Å². The minimum Gasteiger partial charge on any atom is -0.459 e. The van der Waals surface area contributed by atoms with Crippen LogP contribution in [-0.4, -0.2) is 29.9 Å². The van der Waals surface area contributed by atoms with Crippen molar-refractivity contribution in [1.82, 2.24) is 15.5 Å². The third kappa shape index (κ3) is 3.92. The maximum atomic E-state index is 11.3. The third-order valence-corrected chi connectivity index (χ3v) is 7.33. The monoisotopic (exact) mass is 442 g/mol. The minimum atomic E-state index is -0.162. The van der Waals surface area contributed by atoms with Gasteiger partial charge >= 0.3 is 0 Å². The normalized spacial score (nSPS) is 21.5. The average Bonchev–Trinajstić information content (AvgIpc) is 3.11. The first kappa shape index (κ1) is 20.7. The van der Waals surface area contributed by atoms with Crippen LogP contribution in [0.3, 0.4) is 0 Å². The number of piperidine rings is 1. The zero-order valence-electron chi connectivity index (χ0n) is 18.2. The topological polar surface area (TPSA) is 69.5 Å².